The second kappa shape index (κ2) is 6.54. The summed E-state index contributed by atoms with van der Waals surface area (Å²) in [7, 11) is 1.65. The molecule has 0 aromatic heterocycles. The summed E-state index contributed by atoms with van der Waals surface area (Å²) in [6, 6.07) is 5.99. The molecule has 0 saturated heterocycles. The number of hydrogen-bond acceptors (Lipinski definition) is 4. The SMILES string of the molecule is COCCOc1ccc2c(c1)CCN(CC(=O)O)C2. The summed E-state index contributed by atoms with van der Waals surface area (Å²) in [5.74, 6) is 0.0745. The maximum Gasteiger partial charge on any atom is 0.317 e. The van der Waals surface area contributed by atoms with E-state index in [4.69, 9.17) is 14.6 Å². The minimum Gasteiger partial charge on any atom is -0.491 e. The van der Waals surface area contributed by atoms with Crippen LogP contribution < -0.4 is 4.74 Å². The van der Waals surface area contributed by atoms with E-state index >= 15 is 0 Å². The van der Waals surface area contributed by atoms with Gasteiger partial charge in [-0.25, -0.2) is 0 Å². The van der Waals surface area contributed by atoms with Crippen LogP contribution in [0.4, 0.5) is 0 Å². The van der Waals surface area contributed by atoms with Gasteiger partial charge in [-0.3, -0.25) is 9.69 Å². The summed E-state index contributed by atoms with van der Waals surface area (Å²) in [6.07, 6.45) is 0.865. The van der Waals surface area contributed by atoms with Crippen molar-refractivity contribution < 1.29 is 19.4 Å². The zero-order chi connectivity index (χ0) is 13.7. The first-order chi connectivity index (χ1) is 9.19. The van der Waals surface area contributed by atoms with Crippen molar-refractivity contribution in [1.29, 1.82) is 0 Å². The predicted molar refractivity (Wildman–Crippen MR) is 70.4 cm³/mol. The van der Waals surface area contributed by atoms with Gasteiger partial charge in [-0.05, 0) is 29.7 Å². The van der Waals surface area contributed by atoms with Crippen molar-refractivity contribution in [2.45, 2.75) is 13.0 Å². The Hall–Kier alpha value is -1.59. The molecule has 1 aliphatic rings. The molecule has 0 aliphatic carbocycles. The third kappa shape index (κ3) is 3.94. The van der Waals surface area contributed by atoms with E-state index in [1.807, 2.05) is 23.1 Å². The highest BCUT2D eigenvalue weighted by Gasteiger charge is 2.18. The zero-order valence-electron chi connectivity index (χ0n) is 11.1. The monoisotopic (exact) mass is 265 g/mol. The summed E-state index contributed by atoms with van der Waals surface area (Å²) in [4.78, 5) is 12.6. The van der Waals surface area contributed by atoms with E-state index in [0.717, 1.165) is 18.7 Å². The van der Waals surface area contributed by atoms with Gasteiger partial charge < -0.3 is 14.6 Å². The lowest BCUT2D eigenvalue weighted by Gasteiger charge is -2.27. The largest absolute Gasteiger partial charge is 0.491 e. The molecule has 0 unspecified atom stereocenters. The summed E-state index contributed by atoms with van der Waals surface area (Å²) < 4.78 is 10.5. The fraction of sp³-hybridized carbons (Fsp3) is 0.500. The van der Waals surface area contributed by atoms with Gasteiger partial charge in [0.25, 0.3) is 0 Å². The fourth-order valence-electron chi connectivity index (χ4n) is 2.25. The Balaban J connectivity index is 1.97. The molecular formula is C14H19NO4. The quantitative estimate of drug-likeness (QED) is 0.782. The molecule has 1 aromatic carbocycles. The number of rotatable bonds is 6. The van der Waals surface area contributed by atoms with Crippen molar-refractivity contribution in [1.82, 2.24) is 4.90 Å². The van der Waals surface area contributed by atoms with E-state index in [1.165, 1.54) is 11.1 Å². The van der Waals surface area contributed by atoms with Crippen LogP contribution in [-0.2, 0) is 22.5 Å². The van der Waals surface area contributed by atoms with Crippen LogP contribution in [0.1, 0.15) is 11.1 Å². The smallest absolute Gasteiger partial charge is 0.317 e. The molecule has 0 saturated carbocycles. The van der Waals surface area contributed by atoms with Crippen molar-refractivity contribution in [2.75, 3.05) is 33.4 Å². The third-order valence-corrected chi connectivity index (χ3v) is 3.18. The minimum absolute atomic E-state index is 0.103. The number of aliphatic carboxylic acids is 1. The van der Waals surface area contributed by atoms with Crippen LogP contribution in [-0.4, -0.2) is 49.4 Å². The van der Waals surface area contributed by atoms with Gasteiger partial charge in [0.2, 0.25) is 0 Å². The molecule has 5 nitrogen and oxygen atoms in total. The number of carboxylic acid groups (broad SMARTS) is 1. The second-order valence-corrected chi connectivity index (χ2v) is 4.63. The summed E-state index contributed by atoms with van der Waals surface area (Å²) in [6.45, 7) is 2.69. The molecule has 0 spiro atoms. The Morgan fingerprint density at radius 2 is 2.21 bits per heavy atom. The summed E-state index contributed by atoms with van der Waals surface area (Å²) in [5.41, 5.74) is 2.43. The lowest BCUT2D eigenvalue weighted by molar-refractivity contribution is -0.138. The van der Waals surface area contributed by atoms with Crippen LogP contribution in [0.3, 0.4) is 0 Å². The Bertz CT molecular complexity index is 447. The highest BCUT2D eigenvalue weighted by Crippen LogP contribution is 2.23. The number of nitrogens with zero attached hydrogens (tertiary/aromatic N) is 1. The number of fused-ring (bicyclic) bond motifs is 1. The van der Waals surface area contributed by atoms with E-state index in [2.05, 4.69) is 0 Å². The van der Waals surface area contributed by atoms with E-state index < -0.39 is 5.97 Å². The molecule has 0 radical (unpaired) electrons. The van der Waals surface area contributed by atoms with Gasteiger partial charge in [0, 0.05) is 20.2 Å². The maximum absolute atomic E-state index is 10.7. The van der Waals surface area contributed by atoms with E-state index in [0.29, 0.717) is 19.8 Å². The van der Waals surface area contributed by atoms with Gasteiger partial charge in [-0.2, -0.15) is 0 Å². The standard InChI is InChI=1S/C14H19NO4/c1-18-6-7-19-13-3-2-12-9-15(10-14(16)17)5-4-11(12)8-13/h2-3,8H,4-7,9-10H2,1H3,(H,16,17). The first-order valence-corrected chi connectivity index (χ1v) is 6.36. The predicted octanol–water partition coefficient (Wildman–Crippen LogP) is 1.15. The van der Waals surface area contributed by atoms with Crippen LogP contribution in [0.15, 0.2) is 18.2 Å². The van der Waals surface area contributed by atoms with Gasteiger partial charge in [0.15, 0.2) is 0 Å². The van der Waals surface area contributed by atoms with Crippen molar-refractivity contribution in [3.05, 3.63) is 29.3 Å². The summed E-state index contributed by atoms with van der Waals surface area (Å²) >= 11 is 0. The molecule has 1 heterocycles. The lowest BCUT2D eigenvalue weighted by Crippen LogP contribution is -2.34. The molecule has 1 aliphatic heterocycles. The first-order valence-electron chi connectivity index (χ1n) is 6.36. The minimum atomic E-state index is -0.775. The number of methoxy groups -OCH3 is 1. The van der Waals surface area contributed by atoms with Crippen LogP contribution in [0.25, 0.3) is 0 Å². The molecule has 5 heteroatoms. The highest BCUT2D eigenvalue weighted by atomic mass is 16.5. The van der Waals surface area contributed by atoms with Gasteiger partial charge in [0.05, 0.1) is 13.2 Å². The molecule has 0 amide bonds. The van der Waals surface area contributed by atoms with Gasteiger partial charge in [-0.1, -0.05) is 6.07 Å². The molecule has 0 fully saturated rings. The average molecular weight is 265 g/mol. The van der Waals surface area contributed by atoms with Gasteiger partial charge in [-0.15, -0.1) is 0 Å². The van der Waals surface area contributed by atoms with Crippen LogP contribution in [0, 0.1) is 0 Å². The van der Waals surface area contributed by atoms with Crippen LogP contribution in [0.5, 0.6) is 5.75 Å². The number of benzene rings is 1. The van der Waals surface area contributed by atoms with E-state index in [9.17, 15) is 4.79 Å². The third-order valence-electron chi connectivity index (χ3n) is 3.18. The van der Waals surface area contributed by atoms with Crippen molar-refractivity contribution >= 4 is 5.97 Å². The maximum atomic E-state index is 10.7. The Morgan fingerprint density at radius 1 is 1.37 bits per heavy atom. The second-order valence-electron chi connectivity index (χ2n) is 4.63. The Kier molecular flexibility index (Phi) is 4.76. The fourth-order valence-corrected chi connectivity index (χ4v) is 2.25. The van der Waals surface area contributed by atoms with Gasteiger partial charge in [0.1, 0.15) is 12.4 Å². The summed E-state index contributed by atoms with van der Waals surface area (Å²) in [5, 5.41) is 8.80. The van der Waals surface area contributed by atoms with Crippen LogP contribution in [0.2, 0.25) is 0 Å². The van der Waals surface area contributed by atoms with E-state index in [-0.39, 0.29) is 6.54 Å². The van der Waals surface area contributed by atoms with Crippen molar-refractivity contribution in [3.8, 4) is 5.75 Å². The normalized spacial score (nSPS) is 15.0. The van der Waals surface area contributed by atoms with Crippen molar-refractivity contribution in [2.24, 2.45) is 0 Å². The molecule has 1 N–H and O–H groups in total. The number of carbonyl (C=O) groups is 1. The average Bonchev–Trinajstić information content (AvgIpc) is 2.38. The lowest BCUT2D eigenvalue weighted by atomic mass is 9.99. The first kappa shape index (κ1) is 13.8. The van der Waals surface area contributed by atoms with Crippen molar-refractivity contribution in [3.63, 3.8) is 0 Å². The topological polar surface area (TPSA) is 59.0 Å². The zero-order valence-corrected chi connectivity index (χ0v) is 11.1. The highest BCUT2D eigenvalue weighted by molar-refractivity contribution is 5.69. The Morgan fingerprint density at radius 3 is 2.95 bits per heavy atom. The van der Waals surface area contributed by atoms with Gasteiger partial charge >= 0.3 is 5.97 Å². The number of hydrogen-bond donors (Lipinski definition) is 1. The molecular weight excluding hydrogens is 246 g/mol. The van der Waals surface area contributed by atoms with Crippen LogP contribution >= 0.6 is 0 Å². The number of ether oxygens (including phenoxy) is 2. The molecule has 19 heavy (non-hydrogen) atoms. The Labute approximate surface area is 112 Å². The molecule has 0 atom stereocenters. The number of carboxylic acids is 1. The molecule has 0 bridgehead atoms. The molecule has 1 aromatic rings. The molecule has 104 valence electrons. The van der Waals surface area contributed by atoms with E-state index in [1.54, 1.807) is 7.11 Å². The molecule has 2 rings (SSSR count).